The van der Waals surface area contributed by atoms with E-state index in [0.29, 0.717) is 13.2 Å². The van der Waals surface area contributed by atoms with Crippen molar-refractivity contribution in [1.29, 1.82) is 0 Å². The Labute approximate surface area is 201 Å². The van der Waals surface area contributed by atoms with Crippen molar-refractivity contribution in [3.8, 4) is 17.2 Å². The molecule has 174 valence electrons. The maximum Gasteiger partial charge on any atom is 0.242 e. The van der Waals surface area contributed by atoms with Gasteiger partial charge in [0.1, 0.15) is 39.8 Å². The van der Waals surface area contributed by atoms with E-state index in [2.05, 4.69) is 73.1 Å². The van der Waals surface area contributed by atoms with Gasteiger partial charge in [-0.25, -0.2) is 4.58 Å². The third-order valence-electron chi connectivity index (χ3n) is 7.65. The van der Waals surface area contributed by atoms with E-state index in [9.17, 15) is 0 Å². The molecule has 0 spiro atoms. The Morgan fingerprint density at radius 3 is 2.56 bits per heavy atom. The van der Waals surface area contributed by atoms with Gasteiger partial charge in [-0.3, -0.25) is 0 Å². The van der Waals surface area contributed by atoms with Gasteiger partial charge in [0.2, 0.25) is 5.36 Å². The fraction of sp³-hybridized carbons (Fsp3) is 0.321. The Hall–Kier alpha value is -3.25. The molecular weight excluding hydrogens is 440 g/mol. The van der Waals surface area contributed by atoms with Crippen molar-refractivity contribution in [3.63, 3.8) is 0 Å². The van der Waals surface area contributed by atoms with Crippen LogP contribution in [0, 0.1) is 0 Å². The minimum absolute atomic E-state index is 0.706. The molecule has 3 aromatic carbocycles. The highest BCUT2D eigenvalue weighted by Gasteiger charge is 2.38. The number of methoxy groups -OCH3 is 1. The molecule has 3 aliphatic rings. The van der Waals surface area contributed by atoms with E-state index in [1.807, 2.05) is 12.1 Å². The van der Waals surface area contributed by atoms with Crippen LogP contribution in [-0.2, 0) is 0 Å². The van der Waals surface area contributed by atoms with Crippen LogP contribution < -0.4 is 44.6 Å². The standard InChI is InChI=1S/C28H31N2O3Si/c1-29-10-12-32-24-14-19-26(16-21(24)29)34(4,5)27-17-22-25(33-13-11-30(22)2)15-20(27)28(19)18-8-6-7-9-23(18)31-3/h6-9,14-17H,10-13H2,1-5H3/q+1. The summed E-state index contributed by atoms with van der Waals surface area (Å²) < 4.78 is 20.5. The molecule has 0 saturated carbocycles. The minimum Gasteiger partial charge on any atom is -0.496 e. The Kier molecular flexibility index (Phi) is 4.78. The van der Waals surface area contributed by atoms with E-state index in [4.69, 9.17) is 14.2 Å². The maximum absolute atomic E-state index is 6.16. The highest BCUT2D eigenvalue weighted by molar-refractivity contribution is 7.01. The molecule has 0 N–H and O–H groups in total. The molecule has 0 atom stereocenters. The minimum atomic E-state index is -2.04. The molecule has 0 fully saturated rings. The fourth-order valence-electron chi connectivity index (χ4n) is 5.67. The van der Waals surface area contributed by atoms with Crippen molar-refractivity contribution in [2.24, 2.45) is 0 Å². The monoisotopic (exact) mass is 471 g/mol. The number of benzene rings is 3. The Morgan fingerprint density at radius 1 is 0.941 bits per heavy atom. The van der Waals surface area contributed by atoms with Gasteiger partial charge >= 0.3 is 0 Å². The van der Waals surface area contributed by atoms with Crippen molar-refractivity contribution < 1.29 is 14.2 Å². The predicted molar refractivity (Wildman–Crippen MR) is 140 cm³/mol. The summed E-state index contributed by atoms with van der Waals surface area (Å²) in [5, 5.41) is 5.33. The zero-order valence-electron chi connectivity index (χ0n) is 20.6. The largest absolute Gasteiger partial charge is 0.496 e. The molecular formula is C28H31N2O3Si+. The number of anilines is 1. The van der Waals surface area contributed by atoms with E-state index in [-0.39, 0.29) is 0 Å². The van der Waals surface area contributed by atoms with Crippen LogP contribution in [0.3, 0.4) is 0 Å². The summed E-state index contributed by atoms with van der Waals surface area (Å²) in [5.74, 6) is 2.80. The van der Waals surface area contributed by atoms with Crippen molar-refractivity contribution >= 4 is 29.7 Å². The maximum atomic E-state index is 6.16. The highest BCUT2D eigenvalue weighted by Crippen LogP contribution is 2.37. The quantitative estimate of drug-likeness (QED) is 0.418. The van der Waals surface area contributed by atoms with E-state index >= 15 is 0 Å². The summed E-state index contributed by atoms with van der Waals surface area (Å²) in [6, 6.07) is 17.7. The van der Waals surface area contributed by atoms with Gasteiger partial charge in [-0.1, -0.05) is 31.3 Å². The third kappa shape index (κ3) is 3.01. The van der Waals surface area contributed by atoms with Crippen molar-refractivity contribution in [3.05, 3.63) is 70.2 Å². The molecule has 0 radical (unpaired) electrons. The molecule has 0 aliphatic carbocycles. The molecule has 0 unspecified atom stereocenters. The van der Waals surface area contributed by atoms with Crippen LogP contribution in [0.15, 0.2) is 48.5 Å². The number of nitrogens with zero attached hydrogens (tertiary/aromatic N) is 2. The SMILES string of the molecule is COc1ccccc1C1=c2cc3c(cc2[Si](C)(C)c2cc4c(cc21)OCCN4C)=[N+](C)CCO3. The van der Waals surface area contributed by atoms with Crippen LogP contribution in [-0.4, -0.2) is 55.6 Å². The molecule has 34 heavy (non-hydrogen) atoms. The van der Waals surface area contributed by atoms with Crippen molar-refractivity contribution in [1.82, 2.24) is 4.58 Å². The predicted octanol–water partition coefficient (Wildman–Crippen LogP) is 1.42. The second-order valence-corrected chi connectivity index (χ2v) is 14.3. The lowest BCUT2D eigenvalue weighted by Crippen LogP contribution is -2.64. The number of hydrogen-bond donors (Lipinski definition) is 0. The lowest BCUT2D eigenvalue weighted by Gasteiger charge is -2.36. The molecule has 3 heterocycles. The molecule has 0 aromatic heterocycles. The van der Waals surface area contributed by atoms with Gasteiger partial charge in [0.15, 0.2) is 12.3 Å². The summed E-state index contributed by atoms with van der Waals surface area (Å²) in [4.78, 5) is 2.32. The average Bonchev–Trinajstić information content (AvgIpc) is 2.83. The van der Waals surface area contributed by atoms with Crippen molar-refractivity contribution in [2.75, 3.05) is 52.4 Å². The Morgan fingerprint density at radius 2 is 1.74 bits per heavy atom. The van der Waals surface area contributed by atoms with Gasteiger partial charge in [-0.2, -0.15) is 0 Å². The number of rotatable bonds is 2. The first-order valence-corrected chi connectivity index (χ1v) is 15.0. The van der Waals surface area contributed by atoms with Gasteiger partial charge in [0.25, 0.3) is 0 Å². The molecule has 5 nitrogen and oxygen atoms in total. The Bertz CT molecular complexity index is 1460. The second-order valence-electron chi connectivity index (χ2n) is 9.97. The molecule has 3 aliphatic heterocycles. The van der Waals surface area contributed by atoms with Gasteiger partial charge in [-0.15, -0.1) is 0 Å². The average molecular weight is 472 g/mol. The van der Waals surface area contributed by atoms with Crippen LogP contribution in [0.2, 0.25) is 13.1 Å². The zero-order valence-corrected chi connectivity index (χ0v) is 21.6. The molecule has 0 bridgehead atoms. The van der Waals surface area contributed by atoms with Crippen LogP contribution in [0.5, 0.6) is 17.2 Å². The second kappa shape index (κ2) is 7.63. The van der Waals surface area contributed by atoms with Crippen LogP contribution in [0.4, 0.5) is 5.69 Å². The lowest BCUT2D eigenvalue weighted by atomic mass is 9.93. The zero-order chi connectivity index (χ0) is 23.6. The number of fused-ring (bicyclic) bond motifs is 4. The van der Waals surface area contributed by atoms with Gasteiger partial charge < -0.3 is 19.1 Å². The first-order valence-electron chi connectivity index (χ1n) is 12.0. The summed E-state index contributed by atoms with van der Waals surface area (Å²) >= 11 is 0. The molecule has 0 amide bonds. The fourth-order valence-corrected chi connectivity index (χ4v) is 8.70. The van der Waals surface area contributed by atoms with Crippen molar-refractivity contribution in [2.45, 2.75) is 13.1 Å². The number of ether oxygens (including phenoxy) is 3. The number of para-hydroxylation sites is 1. The van der Waals surface area contributed by atoms with Crippen LogP contribution >= 0.6 is 0 Å². The van der Waals surface area contributed by atoms with E-state index in [0.717, 1.165) is 35.9 Å². The summed E-state index contributed by atoms with van der Waals surface area (Å²) in [7, 11) is 4.03. The van der Waals surface area contributed by atoms with Gasteiger partial charge in [0.05, 0.1) is 19.3 Å². The van der Waals surface area contributed by atoms with E-state index in [1.165, 1.54) is 37.8 Å². The summed E-state index contributed by atoms with van der Waals surface area (Å²) in [6.07, 6.45) is 0. The molecule has 0 saturated heterocycles. The van der Waals surface area contributed by atoms with Gasteiger partial charge in [0, 0.05) is 18.7 Å². The molecule has 3 aromatic rings. The highest BCUT2D eigenvalue weighted by atomic mass is 28.3. The third-order valence-corrected chi connectivity index (χ3v) is 11.2. The van der Waals surface area contributed by atoms with Crippen LogP contribution in [0.1, 0.15) is 11.1 Å². The van der Waals surface area contributed by atoms with E-state index in [1.54, 1.807) is 7.11 Å². The smallest absolute Gasteiger partial charge is 0.242 e. The topological polar surface area (TPSA) is 33.9 Å². The van der Waals surface area contributed by atoms with Crippen LogP contribution in [0.25, 0.3) is 5.57 Å². The molecule has 6 heteroatoms. The Balaban J connectivity index is 1.80. The van der Waals surface area contributed by atoms with Gasteiger partial charge in [-0.05, 0) is 51.0 Å². The first-order chi connectivity index (χ1) is 16.4. The summed E-state index contributed by atoms with van der Waals surface area (Å²) in [5.41, 5.74) is 4.75. The summed E-state index contributed by atoms with van der Waals surface area (Å²) in [6.45, 7) is 8.16. The lowest BCUT2D eigenvalue weighted by molar-refractivity contribution is 0.281. The normalized spacial score (nSPS) is 17.6. The first kappa shape index (κ1) is 21.3. The van der Waals surface area contributed by atoms with E-state index < -0.39 is 8.07 Å². The number of likely N-dealkylation sites (N-methyl/N-ethyl adjacent to an activating group) is 2. The number of hydrogen-bond acceptors (Lipinski definition) is 4. The molecule has 6 rings (SSSR count).